The van der Waals surface area contributed by atoms with Crippen LogP contribution in [0.2, 0.25) is 0 Å². The van der Waals surface area contributed by atoms with E-state index in [0.29, 0.717) is 31.6 Å². The monoisotopic (exact) mass is 351 g/mol. The molecule has 2 fully saturated rings. The Morgan fingerprint density at radius 1 is 1.08 bits per heavy atom. The molecule has 0 aliphatic carbocycles. The van der Waals surface area contributed by atoms with Crippen molar-refractivity contribution in [2.24, 2.45) is 0 Å². The first kappa shape index (κ1) is 16.6. The topological polar surface area (TPSA) is 79.3 Å². The van der Waals surface area contributed by atoms with Gasteiger partial charge in [-0.15, -0.1) is 0 Å². The van der Waals surface area contributed by atoms with Gasteiger partial charge >= 0.3 is 0 Å². The average molecular weight is 351 g/mol. The number of carbonyl (C=O) groups is 2. The molecule has 4 rings (SSSR count). The van der Waals surface area contributed by atoms with Crippen molar-refractivity contribution in [1.29, 1.82) is 0 Å². The van der Waals surface area contributed by atoms with E-state index in [0.717, 1.165) is 24.8 Å². The van der Waals surface area contributed by atoms with Gasteiger partial charge in [0.25, 0.3) is 5.91 Å². The van der Waals surface area contributed by atoms with Crippen molar-refractivity contribution in [3.8, 4) is 0 Å². The first-order valence-corrected chi connectivity index (χ1v) is 8.93. The van der Waals surface area contributed by atoms with Crippen molar-refractivity contribution >= 4 is 11.8 Å². The molecule has 2 aliphatic heterocycles. The molecule has 0 bridgehead atoms. The summed E-state index contributed by atoms with van der Waals surface area (Å²) in [6, 6.07) is 5.58. The highest BCUT2D eigenvalue weighted by Crippen LogP contribution is 2.40. The van der Waals surface area contributed by atoms with Crippen LogP contribution in [0.15, 0.2) is 43.0 Å². The number of hydrogen-bond acceptors (Lipinski definition) is 5. The summed E-state index contributed by atoms with van der Waals surface area (Å²) in [6.45, 7) is 1.89. The Morgan fingerprint density at radius 2 is 1.92 bits per heavy atom. The molecule has 7 nitrogen and oxygen atoms in total. The molecule has 2 aromatic rings. The maximum absolute atomic E-state index is 12.6. The number of rotatable bonds is 3. The van der Waals surface area contributed by atoms with Gasteiger partial charge in [-0.1, -0.05) is 6.07 Å². The van der Waals surface area contributed by atoms with Crippen molar-refractivity contribution in [2.75, 3.05) is 13.1 Å². The maximum Gasteiger partial charge on any atom is 0.255 e. The second kappa shape index (κ2) is 6.82. The Bertz CT molecular complexity index is 788. The van der Waals surface area contributed by atoms with Crippen molar-refractivity contribution in [3.05, 3.63) is 54.1 Å². The van der Waals surface area contributed by atoms with Crippen LogP contribution in [0.25, 0.3) is 0 Å². The van der Waals surface area contributed by atoms with Crippen LogP contribution in [0.4, 0.5) is 0 Å². The third kappa shape index (κ3) is 3.05. The molecule has 26 heavy (non-hydrogen) atoms. The van der Waals surface area contributed by atoms with E-state index < -0.39 is 0 Å². The number of hydrogen-bond donors (Lipinski definition) is 0. The molecule has 0 atom stereocenters. The van der Waals surface area contributed by atoms with Gasteiger partial charge < -0.3 is 9.80 Å². The molecule has 0 aromatic carbocycles. The van der Waals surface area contributed by atoms with Gasteiger partial charge in [0.15, 0.2) is 0 Å². The zero-order valence-corrected chi connectivity index (χ0v) is 14.5. The Hall–Kier alpha value is -2.83. The zero-order valence-electron chi connectivity index (χ0n) is 14.5. The van der Waals surface area contributed by atoms with Crippen molar-refractivity contribution in [3.63, 3.8) is 0 Å². The molecule has 2 aromatic heterocycles. The second-order valence-corrected chi connectivity index (χ2v) is 6.99. The molecule has 0 saturated carbocycles. The van der Waals surface area contributed by atoms with E-state index in [1.807, 2.05) is 28.1 Å². The van der Waals surface area contributed by atoms with Gasteiger partial charge in [-0.2, -0.15) is 10.2 Å². The minimum Gasteiger partial charge on any atom is -0.338 e. The summed E-state index contributed by atoms with van der Waals surface area (Å²) in [5.74, 6) is 0.185. The summed E-state index contributed by atoms with van der Waals surface area (Å²) in [6.07, 6.45) is 9.65. The average Bonchev–Trinajstić information content (AvgIpc) is 2.99. The van der Waals surface area contributed by atoms with Crippen molar-refractivity contribution < 1.29 is 9.59 Å². The lowest BCUT2D eigenvalue weighted by atomic mass is 9.84. The normalized spacial score (nSPS) is 19.2. The summed E-state index contributed by atoms with van der Waals surface area (Å²) < 4.78 is 0. The molecule has 7 heteroatoms. The van der Waals surface area contributed by atoms with Gasteiger partial charge in [0.05, 0.1) is 18.0 Å². The highest BCUT2D eigenvalue weighted by Gasteiger charge is 2.47. The van der Waals surface area contributed by atoms with Gasteiger partial charge in [0.2, 0.25) is 5.91 Å². The molecule has 2 saturated heterocycles. The quantitative estimate of drug-likeness (QED) is 0.840. The third-order valence-corrected chi connectivity index (χ3v) is 5.55. The molecule has 0 radical (unpaired) electrons. The molecular formula is C19H21N5O2. The van der Waals surface area contributed by atoms with E-state index >= 15 is 0 Å². The fraction of sp³-hybridized carbons (Fsp3) is 0.421. The van der Waals surface area contributed by atoms with Gasteiger partial charge in [-0.05, 0) is 37.0 Å². The van der Waals surface area contributed by atoms with Gasteiger partial charge in [0.1, 0.15) is 0 Å². The van der Waals surface area contributed by atoms with Gasteiger partial charge in [0, 0.05) is 44.0 Å². The second-order valence-electron chi connectivity index (χ2n) is 6.99. The molecule has 0 unspecified atom stereocenters. The van der Waals surface area contributed by atoms with Crippen LogP contribution in [0.3, 0.4) is 0 Å². The summed E-state index contributed by atoms with van der Waals surface area (Å²) in [5.41, 5.74) is 1.47. The van der Waals surface area contributed by atoms with E-state index in [9.17, 15) is 9.59 Å². The van der Waals surface area contributed by atoms with Crippen LogP contribution in [0.5, 0.6) is 0 Å². The fourth-order valence-electron chi connectivity index (χ4n) is 4.05. The Labute approximate surface area is 152 Å². The molecule has 0 N–H and O–H groups in total. The van der Waals surface area contributed by atoms with Crippen LogP contribution in [-0.4, -0.2) is 55.4 Å². The number of carbonyl (C=O) groups excluding carboxylic acids is 2. The van der Waals surface area contributed by atoms with Crippen LogP contribution < -0.4 is 0 Å². The number of amides is 2. The predicted octanol–water partition coefficient (Wildman–Crippen LogP) is 1.67. The highest BCUT2D eigenvalue weighted by molar-refractivity contribution is 5.93. The Kier molecular flexibility index (Phi) is 4.36. The van der Waals surface area contributed by atoms with Gasteiger partial charge in [-0.3, -0.25) is 14.6 Å². The SMILES string of the molecule is O=C(c1ccnnc1)N1CCC2(CCC(=O)N2Cc2cccnc2)CC1. The smallest absolute Gasteiger partial charge is 0.255 e. The van der Waals surface area contributed by atoms with Crippen LogP contribution >= 0.6 is 0 Å². The fourth-order valence-corrected chi connectivity index (χ4v) is 4.05. The number of pyridine rings is 1. The Balaban J connectivity index is 1.46. The molecule has 1 spiro atoms. The van der Waals surface area contributed by atoms with E-state index in [-0.39, 0.29) is 17.4 Å². The molecule has 4 heterocycles. The first-order chi connectivity index (χ1) is 12.7. The van der Waals surface area contributed by atoms with Crippen molar-refractivity contribution in [1.82, 2.24) is 25.0 Å². The lowest BCUT2D eigenvalue weighted by molar-refractivity contribution is -0.133. The summed E-state index contributed by atoms with van der Waals surface area (Å²) in [7, 11) is 0. The molecular weight excluding hydrogens is 330 g/mol. The lowest BCUT2D eigenvalue weighted by Crippen LogP contribution is -2.53. The summed E-state index contributed by atoms with van der Waals surface area (Å²) in [4.78, 5) is 33.1. The molecule has 134 valence electrons. The van der Waals surface area contributed by atoms with Gasteiger partial charge in [-0.25, -0.2) is 0 Å². The Morgan fingerprint density at radius 3 is 2.62 bits per heavy atom. The summed E-state index contributed by atoms with van der Waals surface area (Å²) in [5, 5.41) is 7.50. The van der Waals surface area contributed by atoms with E-state index in [4.69, 9.17) is 0 Å². The third-order valence-electron chi connectivity index (χ3n) is 5.55. The highest BCUT2D eigenvalue weighted by atomic mass is 16.2. The lowest BCUT2D eigenvalue weighted by Gasteiger charge is -2.45. The van der Waals surface area contributed by atoms with E-state index in [1.54, 1.807) is 12.3 Å². The van der Waals surface area contributed by atoms with Crippen LogP contribution in [-0.2, 0) is 11.3 Å². The standard InChI is InChI=1S/C19H21N5O2/c25-17-3-5-19(24(17)14-15-2-1-8-20-12-15)6-10-23(11-7-19)18(26)16-4-9-21-22-13-16/h1-2,4,8-9,12-13H,3,5-7,10-11,14H2. The maximum atomic E-state index is 12.6. The minimum atomic E-state index is -0.139. The zero-order chi connectivity index (χ0) is 18.0. The molecule has 2 aliphatic rings. The first-order valence-electron chi connectivity index (χ1n) is 8.93. The van der Waals surface area contributed by atoms with Crippen molar-refractivity contribution in [2.45, 2.75) is 37.8 Å². The largest absolute Gasteiger partial charge is 0.338 e. The van der Waals surface area contributed by atoms with E-state index in [2.05, 4.69) is 15.2 Å². The predicted molar refractivity (Wildman–Crippen MR) is 93.9 cm³/mol. The number of aromatic nitrogens is 3. The number of piperidine rings is 1. The number of likely N-dealkylation sites (tertiary alicyclic amines) is 2. The van der Waals surface area contributed by atoms with Crippen LogP contribution in [0, 0.1) is 0 Å². The summed E-state index contributed by atoms with van der Waals surface area (Å²) >= 11 is 0. The van der Waals surface area contributed by atoms with Crippen LogP contribution in [0.1, 0.15) is 41.6 Å². The molecule has 2 amide bonds. The van der Waals surface area contributed by atoms with E-state index in [1.165, 1.54) is 12.4 Å². The number of nitrogens with zero attached hydrogens (tertiary/aromatic N) is 5. The minimum absolute atomic E-state index is 0.0158.